The zero-order valence-electron chi connectivity index (χ0n) is 9.26. The molecule has 2 saturated heterocycles. The van der Waals surface area contributed by atoms with Crippen molar-refractivity contribution < 1.29 is 0 Å². The molecular formula is C12H22N2. The van der Waals surface area contributed by atoms with Gasteiger partial charge >= 0.3 is 0 Å². The van der Waals surface area contributed by atoms with Gasteiger partial charge in [-0.2, -0.15) is 0 Å². The molecule has 0 amide bonds. The first kappa shape index (κ1) is 9.17. The minimum atomic E-state index is 0.727. The Balaban J connectivity index is 1.62. The van der Waals surface area contributed by atoms with Crippen molar-refractivity contribution in [2.24, 2.45) is 5.41 Å². The summed E-state index contributed by atoms with van der Waals surface area (Å²) in [6.45, 7) is 6.36. The highest BCUT2D eigenvalue weighted by atomic mass is 15.3. The molecule has 3 aliphatic rings. The van der Waals surface area contributed by atoms with Gasteiger partial charge in [0.05, 0.1) is 0 Å². The number of nitrogens with one attached hydrogen (secondary N) is 1. The molecule has 3 fully saturated rings. The third-order valence-corrected chi connectivity index (χ3v) is 4.87. The monoisotopic (exact) mass is 194 g/mol. The van der Waals surface area contributed by atoms with Crippen molar-refractivity contribution in [1.82, 2.24) is 10.2 Å². The van der Waals surface area contributed by atoms with Gasteiger partial charge in [0.15, 0.2) is 0 Å². The molecule has 2 atom stereocenters. The molecule has 2 unspecified atom stereocenters. The summed E-state index contributed by atoms with van der Waals surface area (Å²) in [6.07, 6.45) is 7.28. The van der Waals surface area contributed by atoms with E-state index < -0.39 is 0 Å². The van der Waals surface area contributed by atoms with Crippen molar-refractivity contribution in [2.75, 3.05) is 19.6 Å². The highest BCUT2D eigenvalue weighted by Crippen LogP contribution is 2.45. The molecule has 0 aromatic rings. The second kappa shape index (κ2) is 3.21. The molecule has 14 heavy (non-hydrogen) atoms. The minimum Gasteiger partial charge on any atom is -0.311 e. The summed E-state index contributed by atoms with van der Waals surface area (Å²) in [5, 5.41) is 3.58. The van der Waals surface area contributed by atoms with Crippen LogP contribution in [0, 0.1) is 5.41 Å². The van der Waals surface area contributed by atoms with Gasteiger partial charge < -0.3 is 5.32 Å². The molecular weight excluding hydrogens is 172 g/mol. The topological polar surface area (TPSA) is 15.3 Å². The number of piperazine rings is 1. The molecule has 0 aromatic carbocycles. The molecule has 0 aromatic heterocycles. The molecule has 1 saturated carbocycles. The Labute approximate surface area is 87.0 Å². The normalized spacial score (nSPS) is 40.1. The maximum atomic E-state index is 3.58. The van der Waals surface area contributed by atoms with Crippen LogP contribution in [-0.4, -0.2) is 36.6 Å². The molecule has 1 aliphatic carbocycles. The van der Waals surface area contributed by atoms with E-state index in [2.05, 4.69) is 17.1 Å². The van der Waals surface area contributed by atoms with E-state index in [1.54, 1.807) is 0 Å². The fraction of sp³-hybridized carbons (Fsp3) is 1.00. The average Bonchev–Trinajstić information content (AvgIpc) is 2.72. The summed E-state index contributed by atoms with van der Waals surface area (Å²) in [4.78, 5) is 2.77. The summed E-state index contributed by atoms with van der Waals surface area (Å²) in [5.41, 5.74) is 0.727. The van der Waals surface area contributed by atoms with Gasteiger partial charge in [0.2, 0.25) is 0 Å². The van der Waals surface area contributed by atoms with E-state index >= 15 is 0 Å². The summed E-state index contributed by atoms with van der Waals surface area (Å²) in [7, 11) is 0. The molecule has 3 rings (SSSR count). The van der Waals surface area contributed by atoms with Crippen LogP contribution in [0.1, 0.15) is 39.0 Å². The molecule has 2 heterocycles. The van der Waals surface area contributed by atoms with Crippen molar-refractivity contribution in [3.05, 3.63) is 0 Å². The number of likely N-dealkylation sites (tertiary alicyclic amines) is 1. The number of hydrogen-bond donors (Lipinski definition) is 1. The third-order valence-electron chi connectivity index (χ3n) is 4.87. The number of hydrogen-bond acceptors (Lipinski definition) is 2. The summed E-state index contributed by atoms with van der Waals surface area (Å²) in [6, 6.07) is 1.71. The van der Waals surface area contributed by atoms with Crippen molar-refractivity contribution in [3.63, 3.8) is 0 Å². The first-order chi connectivity index (χ1) is 6.81. The van der Waals surface area contributed by atoms with Crippen molar-refractivity contribution in [2.45, 2.75) is 51.1 Å². The number of fused-ring (bicyclic) bond motifs is 2. The first-order valence-corrected chi connectivity index (χ1v) is 6.29. The Morgan fingerprint density at radius 2 is 2.29 bits per heavy atom. The predicted molar refractivity (Wildman–Crippen MR) is 58.3 cm³/mol. The van der Waals surface area contributed by atoms with E-state index in [4.69, 9.17) is 0 Å². The quantitative estimate of drug-likeness (QED) is 0.734. The van der Waals surface area contributed by atoms with Crippen LogP contribution in [0.25, 0.3) is 0 Å². The van der Waals surface area contributed by atoms with Gasteiger partial charge in [-0.25, -0.2) is 0 Å². The lowest BCUT2D eigenvalue weighted by atomic mass is 9.66. The Morgan fingerprint density at radius 1 is 1.43 bits per heavy atom. The van der Waals surface area contributed by atoms with Crippen molar-refractivity contribution in [3.8, 4) is 0 Å². The SMILES string of the molecule is CCC1(CN2CC3CC2CN3)CCC1. The van der Waals surface area contributed by atoms with Gasteiger partial charge in [-0.05, 0) is 31.1 Å². The lowest BCUT2D eigenvalue weighted by Gasteiger charge is -2.45. The Morgan fingerprint density at radius 3 is 2.71 bits per heavy atom. The van der Waals surface area contributed by atoms with Crippen LogP contribution in [-0.2, 0) is 0 Å². The average molecular weight is 194 g/mol. The second-order valence-corrected chi connectivity index (χ2v) is 5.63. The smallest absolute Gasteiger partial charge is 0.0236 e. The van der Waals surface area contributed by atoms with Crippen LogP contribution in [0.4, 0.5) is 0 Å². The zero-order chi connectivity index (χ0) is 9.60. The summed E-state index contributed by atoms with van der Waals surface area (Å²) < 4.78 is 0. The van der Waals surface area contributed by atoms with E-state index in [0.29, 0.717) is 0 Å². The second-order valence-electron chi connectivity index (χ2n) is 5.63. The Hall–Kier alpha value is -0.0800. The zero-order valence-corrected chi connectivity index (χ0v) is 9.26. The number of nitrogens with zero attached hydrogens (tertiary/aromatic N) is 1. The van der Waals surface area contributed by atoms with Crippen LogP contribution in [0.3, 0.4) is 0 Å². The van der Waals surface area contributed by atoms with Gasteiger partial charge in [0.1, 0.15) is 0 Å². The van der Waals surface area contributed by atoms with E-state index in [-0.39, 0.29) is 0 Å². The molecule has 2 nitrogen and oxygen atoms in total. The largest absolute Gasteiger partial charge is 0.311 e. The van der Waals surface area contributed by atoms with E-state index in [0.717, 1.165) is 17.5 Å². The highest BCUT2D eigenvalue weighted by Gasteiger charge is 2.43. The molecule has 0 spiro atoms. The van der Waals surface area contributed by atoms with Crippen LogP contribution in [0.2, 0.25) is 0 Å². The Kier molecular flexibility index (Phi) is 2.10. The molecule has 2 heteroatoms. The first-order valence-electron chi connectivity index (χ1n) is 6.29. The Bertz CT molecular complexity index is 217. The maximum absolute atomic E-state index is 3.58. The van der Waals surface area contributed by atoms with Gasteiger partial charge in [0, 0.05) is 31.7 Å². The van der Waals surface area contributed by atoms with Gasteiger partial charge in [-0.15, -0.1) is 0 Å². The lowest BCUT2D eigenvalue weighted by molar-refractivity contribution is 0.0509. The summed E-state index contributed by atoms with van der Waals surface area (Å²) in [5.74, 6) is 0. The predicted octanol–water partition coefficient (Wildman–Crippen LogP) is 1.61. The maximum Gasteiger partial charge on any atom is 0.0236 e. The standard InChI is InChI=1S/C12H22N2/c1-2-12(4-3-5-12)9-14-8-10-6-11(14)7-13-10/h10-11,13H,2-9H2,1H3. The highest BCUT2D eigenvalue weighted by molar-refractivity contribution is 5.00. The fourth-order valence-electron chi connectivity index (χ4n) is 3.57. The van der Waals surface area contributed by atoms with Crippen LogP contribution in [0.5, 0.6) is 0 Å². The van der Waals surface area contributed by atoms with Crippen LogP contribution < -0.4 is 5.32 Å². The molecule has 0 radical (unpaired) electrons. The number of rotatable bonds is 3. The molecule has 1 N–H and O–H groups in total. The molecule has 2 bridgehead atoms. The molecule has 2 aliphatic heterocycles. The van der Waals surface area contributed by atoms with Crippen LogP contribution >= 0.6 is 0 Å². The van der Waals surface area contributed by atoms with E-state index in [1.165, 1.54) is 51.7 Å². The lowest BCUT2D eigenvalue weighted by Crippen LogP contribution is -2.49. The van der Waals surface area contributed by atoms with Gasteiger partial charge in [-0.1, -0.05) is 13.3 Å². The minimum absolute atomic E-state index is 0.727. The van der Waals surface area contributed by atoms with Crippen LogP contribution in [0.15, 0.2) is 0 Å². The van der Waals surface area contributed by atoms with Gasteiger partial charge in [-0.3, -0.25) is 4.90 Å². The van der Waals surface area contributed by atoms with E-state index in [1.807, 2.05) is 0 Å². The fourth-order valence-corrected chi connectivity index (χ4v) is 3.57. The third kappa shape index (κ3) is 1.31. The van der Waals surface area contributed by atoms with E-state index in [9.17, 15) is 0 Å². The summed E-state index contributed by atoms with van der Waals surface area (Å²) >= 11 is 0. The van der Waals surface area contributed by atoms with Gasteiger partial charge in [0.25, 0.3) is 0 Å². The van der Waals surface area contributed by atoms with Crippen molar-refractivity contribution >= 4 is 0 Å². The molecule has 80 valence electrons. The van der Waals surface area contributed by atoms with Crippen molar-refractivity contribution in [1.29, 1.82) is 0 Å².